The first kappa shape index (κ1) is 21.0. The second-order valence-electron chi connectivity index (χ2n) is 6.67. The van der Waals surface area contributed by atoms with Crippen LogP contribution in [0.5, 0.6) is 5.75 Å². The number of anilines is 1. The van der Waals surface area contributed by atoms with Crippen molar-refractivity contribution in [2.75, 3.05) is 12.0 Å². The van der Waals surface area contributed by atoms with Gasteiger partial charge in [0.2, 0.25) is 5.13 Å². The molecule has 0 radical (unpaired) electrons. The van der Waals surface area contributed by atoms with Crippen molar-refractivity contribution in [1.82, 2.24) is 10.2 Å². The number of ether oxygens (including phenoxy) is 1. The Kier molecular flexibility index (Phi) is 5.47. The van der Waals surface area contributed by atoms with Crippen LogP contribution in [0.2, 0.25) is 5.02 Å². The summed E-state index contributed by atoms with van der Waals surface area (Å²) in [7, 11) is 1.35. The maximum Gasteiger partial charge on any atom is 0.301 e. The predicted molar refractivity (Wildman–Crippen MR) is 114 cm³/mol. The van der Waals surface area contributed by atoms with Crippen molar-refractivity contribution in [2.24, 2.45) is 0 Å². The van der Waals surface area contributed by atoms with Crippen molar-refractivity contribution in [1.29, 1.82) is 0 Å². The van der Waals surface area contributed by atoms with Crippen LogP contribution in [-0.4, -0.2) is 34.1 Å². The molecule has 1 N–H and O–H groups in total. The Morgan fingerprint density at radius 3 is 2.65 bits per heavy atom. The van der Waals surface area contributed by atoms with Crippen molar-refractivity contribution < 1.29 is 23.8 Å². The van der Waals surface area contributed by atoms with Crippen molar-refractivity contribution in [2.45, 2.75) is 13.0 Å². The molecule has 7 nitrogen and oxygen atoms in total. The molecule has 2 heterocycles. The van der Waals surface area contributed by atoms with E-state index >= 15 is 0 Å². The van der Waals surface area contributed by atoms with Gasteiger partial charge in [-0.15, -0.1) is 10.2 Å². The van der Waals surface area contributed by atoms with E-state index in [2.05, 4.69) is 10.2 Å². The van der Waals surface area contributed by atoms with Crippen LogP contribution in [0, 0.1) is 12.7 Å². The number of halogens is 2. The molecule has 0 bridgehead atoms. The minimum atomic E-state index is -1.04. The van der Waals surface area contributed by atoms with Crippen LogP contribution < -0.4 is 9.64 Å². The molecule has 1 aliphatic heterocycles. The number of carbonyl (C=O) groups is 2. The summed E-state index contributed by atoms with van der Waals surface area (Å²) in [4.78, 5) is 27.2. The fraction of sp³-hybridized carbons (Fsp3) is 0.143. The maximum atomic E-state index is 13.9. The Morgan fingerprint density at radius 2 is 2.00 bits per heavy atom. The van der Waals surface area contributed by atoms with Crippen LogP contribution in [-0.2, 0) is 9.59 Å². The summed E-state index contributed by atoms with van der Waals surface area (Å²) in [5.41, 5.74) is 0.182. The number of amides is 1. The molecule has 3 aromatic rings. The van der Waals surface area contributed by atoms with Crippen LogP contribution in [0.3, 0.4) is 0 Å². The zero-order valence-electron chi connectivity index (χ0n) is 16.3. The molecule has 1 atom stereocenters. The van der Waals surface area contributed by atoms with Crippen LogP contribution in [0.4, 0.5) is 9.52 Å². The number of rotatable bonds is 4. The lowest BCUT2D eigenvalue weighted by Gasteiger charge is -2.23. The van der Waals surface area contributed by atoms with Gasteiger partial charge in [0.25, 0.3) is 5.78 Å². The normalized spacial score (nSPS) is 17.9. The Labute approximate surface area is 185 Å². The molecule has 1 fully saturated rings. The summed E-state index contributed by atoms with van der Waals surface area (Å²) in [5.74, 6) is -2.90. The highest BCUT2D eigenvalue weighted by atomic mass is 35.5. The summed E-state index contributed by atoms with van der Waals surface area (Å²) in [6.45, 7) is 1.71. The highest BCUT2D eigenvalue weighted by Gasteiger charge is 2.48. The molecule has 0 saturated carbocycles. The number of Topliss-reactive ketones (excluding diaryl/α,β-unsaturated/α-hetero) is 1. The monoisotopic (exact) mass is 459 g/mol. The lowest BCUT2D eigenvalue weighted by molar-refractivity contribution is -0.132. The zero-order chi connectivity index (χ0) is 22.3. The number of ketones is 1. The van der Waals surface area contributed by atoms with Crippen LogP contribution in [0.15, 0.2) is 48.0 Å². The lowest BCUT2D eigenvalue weighted by Crippen LogP contribution is -2.29. The second kappa shape index (κ2) is 8.09. The van der Waals surface area contributed by atoms with Crippen LogP contribution in [0.1, 0.15) is 22.2 Å². The van der Waals surface area contributed by atoms with Gasteiger partial charge in [0.1, 0.15) is 22.3 Å². The van der Waals surface area contributed by atoms with Crippen molar-refractivity contribution in [3.8, 4) is 5.75 Å². The number of nitrogens with zero attached hydrogens (tertiary/aromatic N) is 3. The second-order valence-corrected chi connectivity index (χ2v) is 8.27. The number of carbonyl (C=O) groups excluding carboxylic acids is 2. The number of aliphatic hydroxyl groups excluding tert-OH is 1. The molecule has 31 heavy (non-hydrogen) atoms. The Hall–Kier alpha value is -3.30. The molecule has 1 saturated heterocycles. The fourth-order valence-corrected chi connectivity index (χ4v) is 4.33. The molecule has 158 valence electrons. The van der Waals surface area contributed by atoms with Gasteiger partial charge >= 0.3 is 5.91 Å². The summed E-state index contributed by atoms with van der Waals surface area (Å²) >= 11 is 7.27. The van der Waals surface area contributed by atoms with Gasteiger partial charge in [0.05, 0.1) is 24.3 Å². The molecule has 0 unspecified atom stereocenters. The average molecular weight is 460 g/mol. The molecule has 2 aromatic carbocycles. The molecule has 4 rings (SSSR count). The Bertz CT molecular complexity index is 1240. The van der Waals surface area contributed by atoms with Crippen LogP contribution in [0.25, 0.3) is 5.76 Å². The highest BCUT2D eigenvalue weighted by Crippen LogP contribution is 2.44. The third kappa shape index (κ3) is 3.66. The number of aromatic nitrogens is 2. The minimum absolute atomic E-state index is 0.0547. The topological polar surface area (TPSA) is 92.6 Å². The van der Waals surface area contributed by atoms with Gasteiger partial charge in [0, 0.05) is 5.02 Å². The third-order valence-electron chi connectivity index (χ3n) is 4.75. The van der Waals surface area contributed by atoms with E-state index in [-0.39, 0.29) is 22.0 Å². The van der Waals surface area contributed by atoms with Crippen molar-refractivity contribution in [3.63, 3.8) is 0 Å². The molecule has 0 spiro atoms. The van der Waals surface area contributed by atoms with E-state index in [1.54, 1.807) is 31.2 Å². The fourth-order valence-electron chi connectivity index (χ4n) is 3.42. The number of hydrogen-bond donors (Lipinski definition) is 1. The van der Waals surface area contributed by atoms with Gasteiger partial charge in [-0.3, -0.25) is 14.5 Å². The number of benzene rings is 2. The molecule has 1 aliphatic rings. The van der Waals surface area contributed by atoms with Crippen LogP contribution >= 0.6 is 22.9 Å². The SMILES string of the molecule is COc1ccc(F)cc1/C(O)=C1\C(=O)C(=O)N(c2nnc(C)s2)[C@H]1c1cccc(Cl)c1. The minimum Gasteiger partial charge on any atom is -0.507 e. The standard InChI is InChI=1S/C21H15ClFN3O4S/c1-10-24-25-21(31-10)26-17(11-4-3-5-12(22)8-11)16(19(28)20(26)29)18(27)14-9-13(23)6-7-15(14)30-2/h3-9,17,27H,1-2H3/b18-16+/t17-/m0/s1. The van der Waals surface area contributed by atoms with E-state index in [4.69, 9.17) is 16.3 Å². The van der Waals surface area contributed by atoms with E-state index in [1.165, 1.54) is 13.2 Å². The molecular formula is C21H15ClFN3O4S. The largest absolute Gasteiger partial charge is 0.507 e. The van der Waals surface area contributed by atoms with Gasteiger partial charge in [-0.1, -0.05) is 35.1 Å². The average Bonchev–Trinajstić information content (AvgIpc) is 3.28. The third-order valence-corrected chi connectivity index (χ3v) is 5.82. The predicted octanol–water partition coefficient (Wildman–Crippen LogP) is 4.27. The highest BCUT2D eigenvalue weighted by molar-refractivity contribution is 7.15. The van der Waals surface area contributed by atoms with Gasteiger partial charge in [-0.2, -0.15) is 0 Å². The van der Waals surface area contributed by atoms with Crippen molar-refractivity contribution >= 4 is 45.5 Å². The van der Waals surface area contributed by atoms with E-state index in [0.717, 1.165) is 28.4 Å². The first-order valence-corrected chi connectivity index (χ1v) is 10.2. The Balaban J connectivity index is 1.99. The lowest BCUT2D eigenvalue weighted by atomic mass is 9.95. The van der Waals surface area contributed by atoms with Gasteiger partial charge < -0.3 is 9.84 Å². The number of hydrogen-bond acceptors (Lipinski definition) is 7. The quantitative estimate of drug-likeness (QED) is 0.356. The summed E-state index contributed by atoms with van der Waals surface area (Å²) in [5, 5.41) is 20.2. The number of aryl methyl sites for hydroxylation is 1. The van der Waals surface area contributed by atoms with Gasteiger partial charge in [0.15, 0.2) is 0 Å². The molecule has 0 aliphatic carbocycles. The van der Waals surface area contributed by atoms with Crippen molar-refractivity contribution in [3.05, 3.63) is 75.0 Å². The van der Waals surface area contributed by atoms with E-state index in [0.29, 0.717) is 15.6 Å². The maximum absolute atomic E-state index is 13.9. The first-order valence-electron chi connectivity index (χ1n) is 9.02. The van der Waals surface area contributed by atoms with E-state index in [1.807, 2.05) is 0 Å². The van der Waals surface area contributed by atoms with E-state index < -0.39 is 29.3 Å². The van der Waals surface area contributed by atoms with Gasteiger partial charge in [-0.25, -0.2) is 4.39 Å². The molecule has 1 aromatic heterocycles. The molecule has 1 amide bonds. The summed E-state index contributed by atoms with van der Waals surface area (Å²) in [6.07, 6.45) is 0. The smallest absolute Gasteiger partial charge is 0.301 e. The Morgan fingerprint density at radius 1 is 1.23 bits per heavy atom. The summed E-state index contributed by atoms with van der Waals surface area (Å²) < 4.78 is 19.1. The summed E-state index contributed by atoms with van der Waals surface area (Å²) in [6, 6.07) is 9.02. The zero-order valence-corrected chi connectivity index (χ0v) is 17.9. The van der Waals surface area contributed by atoms with E-state index in [9.17, 15) is 19.1 Å². The van der Waals surface area contributed by atoms with Gasteiger partial charge in [-0.05, 0) is 42.8 Å². The number of methoxy groups -OCH3 is 1. The molecular weight excluding hydrogens is 445 g/mol. The number of aliphatic hydroxyl groups is 1. The molecule has 10 heteroatoms. The first-order chi connectivity index (χ1) is 14.8.